The predicted molar refractivity (Wildman–Crippen MR) is 200 cm³/mol. The smallest absolute Gasteiger partial charge is 0.301 e. The maximum atomic E-state index is 13.7. The monoisotopic (exact) mass is 745 g/mol. The molecule has 1 unspecified atom stereocenters. The topological polar surface area (TPSA) is 102 Å². The van der Waals surface area contributed by atoms with Gasteiger partial charge in [0.2, 0.25) is 5.13 Å². The van der Waals surface area contributed by atoms with Gasteiger partial charge in [0.15, 0.2) is 4.34 Å². The highest BCUT2D eigenvalue weighted by molar-refractivity contribution is 8.00. The van der Waals surface area contributed by atoms with Crippen molar-refractivity contribution in [3.63, 3.8) is 0 Å². The van der Waals surface area contributed by atoms with E-state index in [0.29, 0.717) is 56.0 Å². The number of hydrogen-bond donors (Lipinski definition) is 1. The van der Waals surface area contributed by atoms with Crippen LogP contribution < -0.4 is 14.4 Å². The normalized spacial score (nSPS) is 15.4. The van der Waals surface area contributed by atoms with Gasteiger partial charge in [-0.2, -0.15) is 0 Å². The van der Waals surface area contributed by atoms with E-state index in [1.165, 1.54) is 28.0 Å². The highest BCUT2D eigenvalue weighted by Crippen LogP contribution is 2.44. The Morgan fingerprint density at radius 3 is 2.36 bits per heavy atom. The summed E-state index contributed by atoms with van der Waals surface area (Å²) >= 11 is 15.0. The second-order valence-electron chi connectivity index (χ2n) is 11.6. The molecular formula is C38H33Cl2N3O5S2. The number of ketones is 1. The summed E-state index contributed by atoms with van der Waals surface area (Å²) < 4.78 is 12.4. The Morgan fingerprint density at radius 2 is 1.64 bits per heavy atom. The molecule has 5 aromatic rings. The third kappa shape index (κ3) is 8.00. The molecule has 6 rings (SSSR count). The molecule has 0 spiro atoms. The number of rotatable bonds is 13. The summed E-state index contributed by atoms with van der Waals surface area (Å²) in [5.74, 6) is -0.188. The van der Waals surface area contributed by atoms with Gasteiger partial charge in [0.25, 0.3) is 5.78 Å². The zero-order chi connectivity index (χ0) is 35.2. The first-order valence-electron chi connectivity index (χ1n) is 15.9. The molecule has 12 heteroatoms. The third-order valence-electron chi connectivity index (χ3n) is 8.16. The number of aliphatic hydroxyl groups excluding tert-OH is 1. The molecule has 0 bridgehead atoms. The summed E-state index contributed by atoms with van der Waals surface area (Å²) in [5, 5.41) is 21.6. The fourth-order valence-electron chi connectivity index (χ4n) is 5.36. The van der Waals surface area contributed by atoms with Crippen LogP contribution in [0.1, 0.15) is 53.6 Å². The van der Waals surface area contributed by atoms with E-state index in [1.54, 1.807) is 60.7 Å². The second kappa shape index (κ2) is 16.1. The van der Waals surface area contributed by atoms with Crippen molar-refractivity contribution in [3.8, 4) is 11.5 Å². The van der Waals surface area contributed by atoms with Crippen molar-refractivity contribution in [2.75, 3.05) is 11.5 Å². The highest BCUT2D eigenvalue weighted by Gasteiger charge is 2.48. The number of carbonyl (C=O) groups is 2. The molecule has 50 heavy (non-hydrogen) atoms. The van der Waals surface area contributed by atoms with E-state index < -0.39 is 17.7 Å². The van der Waals surface area contributed by atoms with Crippen molar-refractivity contribution in [2.45, 2.75) is 49.4 Å². The molecule has 1 saturated heterocycles. The van der Waals surface area contributed by atoms with E-state index in [1.807, 2.05) is 37.3 Å². The Kier molecular flexibility index (Phi) is 11.4. The van der Waals surface area contributed by atoms with Gasteiger partial charge in [-0.15, -0.1) is 10.2 Å². The van der Waals surface area contributed by atoms with Crippen LogP contribution in [0.2, 0.25) is 10.0 Å². The van der Waals surface area contributed by atoms with E-state index in [4.69, 9.17) is 32.7 Å². The van der Waals surface area contributed by atoms with Crippen LogP contribution in [0.5, 0.6) is 11.5 Å². The molecule has 4 aromatic carbocycles. The predicted octanol–water partition coefficient (Wildman–Crippen LogP) is 9.83. The minimum absolute atomic E-state index is 0.0550. The zero-order valence-electron chi connectivity index (χ0n) is 27.3. The van der Waals surface area contributed by atoms with Crippen LogP contribution in [0.4, 0.5) is 5.13 Å². The first-order chi connectivity index (χ1) is 24.2. The van der Waals surface area contributed by atoms with E-state index in [0.717, 1.165) is 29.5 Å². The van der Waals surface area contributed by atoms with Gasteiger partial charge in [0.1, 0.15) is 23.9 Å². The molecule has 0 saturated carbocycles. The van der Waals surface area contributed by atoms with E-state index >= 15 is 0 Å². The Balaban J connectivity index is 1.30. The van der Waals surface area contributed by atoms with Gasteiger partial charge in [-0.05, 0) is 84.1 Å². The molecule has 0 radical (unpaired) electrons. The molecule has 2 heterocycles. The lowest BCUT2D eigenvalue weighted by Crippen LogP contribution is -2.29. The lowest BCUT2D eigenvalue weighted by molar-refractivity contribution is -0.132. The Morgan fingerprint density at radius 1 is 0.920 bits per heavy atom. The van der Waals surface area contributed by atoms with Crippen LogP contribution in [0.25, 0.3) is 5.76 Å². The summed E-state index contributed by atoms with van der Waals surface area (Å²) in [6, 6.07) is 26.2. The second-order valence-corrected chi connectivity index (χ2v) is 14.6. The van der Waals surface area contributed by atoms with Gasteiger partial charge >= 0.3 is 5.91 Å². The molecule has 1 aromatic heterocycles. The van der Waals surface area contributed by atoms with Crippen molar-refractivity contribution in [2.24, 2.45) is 0 Å². The summed E-state index contributed by atoms with van der Waals surface area (Å²) in [6.45, 7) is 5.07. The summed E-state index contributed by atoms with van der Waals surface area (Å²) in [4.78, 5) is 28.8. The molecule has 1 aliphatic heterocycles. The molecule has 1 fully saturated rings. The minimum Gasteiger partial charge on any atom is -0.507 e. The Labute approximate surface area is 308 Å². The quantitative estimate of drug-likeness (QED) is 0.0318. The number of anilines is 1. The number of ether oxygens (including phenoxy) is 2. The first-order valence-corrected chi connectivity index (χ1v) is 18.5. The molecule has 256 valence electrons. The van der Waals surface area contributed by atoms with E-state index in [-0.39, 0.29) is 16.5 Å². The number of Topliss-reactive ketones (excluding diaryl/α,β-unsaturated/α-hetero) is 1. The van der Waals surface area contributed by atoms with Crippen molar-refractivity contribution in [1.82, 2.24) is 10.2 Å². The zero-order valence-corrected chi connectivity index (χ0v) is 30.4. The minimum atomic E-state index is -0.965. The van der Waals surface area contributed by atoms with Crippen molar-refractivity contribution < 1.29 is 24.2 Å². The van der Waals surface area contributed by atoms with E-state index in [9.17, 15) is 14.7 Å². The number of unbranched alkanes of at least 4 members (excludes halogenated alkanes) is 1. The van der Waals surface area contributed by atoms with Gasteiger partial charge in [0.05, 0.1) is 18.2 Å². The van der Waals surface area contributed by atoms with Gasteiger partial charge < -0.3 is 14.6 Å². The Hall–Kier alpha value is -4.35. The fraction of sp³-hybridized carbons (Fsp3) is 0.211. The highest BCUT2D eigenvalue weighted by atomic mass is 35.5. The number of nitrogens with zero attached hydrogens (tertiary/aromatic N) is 3. The number of aromatic nitrogens is 2. The molecule has 1 N–H and O–H groups in total. The van der Waals surface area contributed by atoms with Gasteiger partial charge in [0, 0.05) is 21.4 Å². The van der Waals surface area contributed by atoms with Gasteiger partial charge in [-0.25, -0.2) is 0 Å². The number of aryl methyl sites for hydroxylation is 1. The SMILES string of the molecule is CCCCOc1ccc(C2C(=C(O)c3ccc(OCc4ccccc4C)cc3)C(=O)C(=O)N2c2nnc(SCc3ccc(Cl)cc3Cl)s2)cc1. The first kappa shape index (κ1) is 35.5. The maximum absolute atomic E-state index is 13.7. The molecular weight excluding hydrogens is 713 g/mol. The number of halogens is 2. The number of benzene rings is 4. The molecule has 0 aliphatic carbocycles. The summed E-state index contributed by atoms with van der Waals surface area (Å²) in [5.41, 5.74) is 3.97. The molecule has 1 atom stereocenters. The lowest BCUT2D eigenvalue weighted by atomic mass is 9.95. The maximum Gasteiger partial charge on any atom is 0.301 e. The van der Waals surface area contributed by atoms with Crippen LogP contribution in [-0.2, 0) is 21.9 Å². The number of thioether (sulfide) groups is 1. The summed E-state index contributed by atoms with van der Waals surface area (Å²) in [7, 11) is 0. The van der Waals surface area contributed by atoms with Crippen molar-refractivity contribution in [3.05, 3.63) is 134 Å². The number of hydrogen-bond acceptors (Lipinski definition) is 9. The van der Waals surface area contributed by atoms with Crippen molar-refractivity contribution in [1.29, 1.82) is 0 Å². The average Bonchev–Trinajstić information content (AvgIpc) is 3.69. The molecule has 1 amide bonds. The van der Waals surface area contributed by atoms with Crippen molar-refractivity contribution >= 4 is 68.9 Å². The van der Waals surface area contributed by atoms with Gasteiger partial charge in [-0.3, -0.25) is 14.5 Å². The fourth-order valence-corrected chi connectivity index (χ4v) is 7.79. The molecule has 8 nitrogen and oxygen atoms in total. The van der Waals surface area contributed by atoms with Gasteiger partial charge in [-0.1, -0.05) is 102 Å². The number of amides is 1. The summed E-state index contributed by atoms with van der Waals surface area (Å²) in [6.07, 6.45) is 1.92. The van der Waals surface area contributed by atoms with Crippen LogP contribution in [0.3, 0.4) is 0 Å². The largest absolute Gasteiger partial charge is 0.507 e. The third-order valence-corrected chi connectivity index (χ3v) is 10.8. The van der Waals surface area contributed by atoms with Crippen LogP contribution >= 0.6 is 46.3 Å². The Bertz CT molecular complexity index is 2030. The number of carbonyl (C=O) groups excluding carboxylic acids is 2. The van der Waals surface area contributed by atoms with Crippen LogP contribution in [0, 0.1) is 6.92 Å². The molecule has 1 aliphatic rings. The standard InChI is InChI=1S/C38H33Cl2N3O5S2/c1-3-4-19-47-29-15-10-24(11-16-29)33-32(34(44)25-12-17-30(18-13-25)48-21-26-8-6-5-7-23(26)2)35(45)36(46)43(33)37-41-42-38(50-37)49-22-27-9-14-28(39)20-31(27)40/h5-18,20,33,44H,3-4,19,21-22H2,1-2H3. The van der Waals surface area contributed by atoms with Crippen LogP contribution in [-0.4, -0.2) is 33.6 Å². The average molecular weight is 747 g/mol. The van der Waals surface area contributed by atoms with E-state index in [2.05, 4.69) is 17.1 Å². The number of aliphatic hydroxyl groups is 1. The lowest BCUT2D eigenvalue weighted by Gasteiger charge is -2.22. The van der Waals surface area contributed by atoms with Crippen LogP contribution in [0.15, 0.2) is 101 Å².